The van der Waals surface area contributed by atoms with Crippen molar-refractivity contribution in [3.05, 3.63) is 35.4 Å². The maximum atomic E-state index is 6.34. The molecule has 0 aromatic heterocycles. The Bertz CT molecular complexity index is 331. The van der Waals surface area contributed by atoms with Crippen LogP contribution < -0.4 is 5.73 Å². The molecule has 0 aliphatic heterocycles. The Balaban J connectivity index is 2.75. The van der Waals surface area contributed by atoms with Crippen LogP contribution in [0.2, 0.25) is 0 Å². The number of nitrogens with two attached hydrogens (primary N) is 1. The van der Waals surface area contributed by atoms with Crippen molar-refractivity contribution in [3.8, 4) is 0 Å². The highest BCUT2D eigenvalue weighted by atomic mass is 15.2. The zero-order valence-electron chi connectivity index (χ0n) is 11.8. The van der Waals surface area contributed by atoms with Gasteiger partial charge in [0.15, 0.2) is 0 Å². The first-order valence-electron chi connectivity index (χ1n) is 6.51. The average Bonchev–Trinajstić information content (AvgIpc) is 2.36. The summed E-state index contributed by atoms with van der Waals surface area (Å²) in [7, 11) is 2.16. The predicted octanol–water partition coefficient (Wildman–Crippen LogP) is 3.11. The second kappa shape index (κ2) is 6.18. The lowest BCUT2D eigenvalue weighted by atomic mass is 9.98. The summed E-state index contributed by atoms with van der Waals surface area (Å²) < 4.78 is 0. The maximum absolute atomic E-state index is 6.34. The summed E-state index contributed by atoms with van der Waals surface area (Å²) in [6.07, 6.45) is 1.15. The molecule has 96 valence electrons. The van der Waals surface area contributed by atoms with Crippen molar-refractivity contribution in [2.75, 3.05) is 7.05 Å². The van der Waals surface area contributed by atoms with Crippen molar-refractivity contribution in [2.24, 2.45) is 5.73 Å². The van der Waals surface area contributed by atoms with Crippen molar-refractivity contribution in [2.45, 2.75) is 52.2 Å². The normalized spacial score (nSPS) is 16.9. The summed E-state index contributed by atoms with van der Waals surface area (Å²) in [5.41, 5.74) is 8.84. The number of aryl methyl sites for hydroxylation is 1. The van der Waals surface area contributed by atoms with E-state index in [9.17, 15) is 0 Å². The number of likely N-dealkylation sites (N-methyl/N-ethyl adjacent to an activating group) is 1. The molecule has 0 bridgehead atoms. The molecule has 0 amide bonds. The fourth-order valence-corrected chi connectivity index (χ4v) is 2.01. The fourth-order valence-electron chi connectivity index (χ4n) is 2.01. The minimum Gasteiger partial charge on any atom is -0.323 e. The molecule has 2 N–H and O–H groups in total. The van der Waals surface area contributed by atoms with Crippen molar-refractivity contribution in [1.82, 2.24) is 4.90 Å². The quantitative estimate of drug-likeness (QED) is 0.848. The first-order chi connectivity index (χ1) is 7.97. The summed E-state index contributed by atoms with van der Waals surface area (Å²) in [5.74, 6) is 0. The summed E-state index contributed by atoms with van der Waals surface area (Å²) in [5, 5.41) is 0. The SMILES string of the molecule is CCC(C)N(C)C(C)C(N)c1ccc(C)cc1. The first-order valence-corrected chi connectivity index (χ1v) is 6.51. The van der Waals surface area contributed by atoms with Gasteiger partial charge in [-0.05, 0) is 39.8 Å². The number of hydrogen-bond acceptors (Lipinski definition) is 2. The predicted molar refractivity (Wildman–Crippen MR) is 75.1 cm³/mol. The highest BCUT2D eigenvalue weighted by molar-refractivity contribution is 5.24. The summed E-state index contributed by atoms with van der Waals surface area (Å²) in [4.78, 5) is 2.37. The van der Waals surface area contributed by atoms with Gasteiger partial charge < -0.3 is 5.73 Å². The molecule has 0 saturated heterocycles. The molecule has 0 radical (unpaired) electrons. The van der Waals surface area contributed by atoms with Gasteiger partial charge in [-0.3, -0.25) is 4.90 Å². The highest BCUT2D eigenvalue weighted by Gasteiger charge is 2.21. The molecule has 0 spiro atoms. The number of nitrogens with zero attached hydrogens (tertiary/aromatic N) is 1. The smallest absolute Gasteiger partial charge is 0.0450 e. The standard InChI is InChI=1S/C15H26N2/c1-6-12(3)17(5)13(4)15(16)14-9-7-11(2)8-10-14/h7-10,12-13,15H,6,16H2,1-5H3. The van der Waals surface area contributed by atoms with Crippen molar-refractivity contribution in [1.29, 1.82) is 0 Å². The Morgan fingerprint density at radius 3 is 2.18 bits per heavy atom. The van der Waals surface area contributed by atoms with Gasteiger partial charge in [-0.2, -0.15) is 0 Å². The fraction of sp³-hybridized carbons (Fsp3) is 0.600. The van der Waals surface area contributed by atoms with Gasteiger partial charge in [0.05, 0.1) is 0 Å². The molecular weight excluding hydrogens is 208 g/mol. The molecule has 0 saturated carbocycles. The van der Waals surface area contributed by atoms with Crippen LogP contribution in [-0.2, 0) is 0 Å². The Kier molecular flexibility index (Phi) is 5.16. The van der Waals surface area contributed by atoms with Crippen LogP contribution in [-0.4, -0.2) is 24.0 Å². The molecule has 0 fully saturated rings. The minimum atomic E-state index is 0.0783. The van der Waals surface area contributed by atoms with Crippen molar-refractivity contribution in [3.63, 3.8) is 0 Å². The van der Waals surface area contributed by atoms with E-state index in [0.29, 0.717) is 12.1 Å². The van der Waals surface area contributed by atoms with Gasteiger partial charge in [-0.15, -0.1) is 0 Å². The van der Waals surface area contributed by atoms with E-state index >= 15 is 0 Å². The lowest BCUT2D eigenvalue weighted by Crippen LogP contribution is -2.42. The molecule has 3 unspecified atom stereocenters. The van der Waals surface area contributed by atoms with E-state index in [4.69, 9.17) is 5.73 Å². The van der Waals surface area contributed by atoms with Gasteiger partial charge in [-0.25, -0.2) is 0 Å². The van der Waals surface area contributed by atoms with Gasteiger partial charge in [0, 0.05) is 18.1 Å². The number of hydrogen-bond donors (Lipinski definition) is 1. The Morgan fingerprint density at radius 1 is 1.18 bits per heavy atom. The van der Waals surface area contributed by atoms with Crippen LogP contribution in [0, 0.1) is 6.92 Å². The van der Waals surface area contributed by atoms with Gasteiger partial charge >= 0.3 is 0 Å². The molecule has 3 atom stereocenters. The van der Waals surface area contributed by atoms with E-state index < -0.39 is 0 Å². The molecule has 2 heteroatoms. The lowest BCUT2D eigenvalue weighted by molar-refractivity contribution is 0.169. The molecule has 0 aliphatic carbocycles. The van der Waals surface area contributed by atoms with E-state index in [1.54, 1.807) is 0 Å². The summed E-state index contributed by atoms with van der Waals surface area (Å²) in [6.45, 7) is 8.77. The summed E-state index contributed by atoms with van der Waals surface area (Å²) in [6, 6.07) is 9.54. The minimum absolute atomic E-state index is 0.0783. The van der Waals surface area contributed by atoms with Gasteiger partial charge in [0.25, 0.3) is 0 Å². The Hall–Kier alpha value is -0.860. The summed E-state index contributed by atoms with van der Waals surface area (Å²) >= 11 is 0. The zero-order chi connectivity index (χ0) is 13.0. The third-order valence-electron chi connectivity index (χ3n) is 3.91. The topological polar surface area (TPSA) is 29.3 Å². The van der Waals surface area contributed by atoms with Crippen LogP contribution in [0.1, 0.15) is 44.4 Å². The molecule has 17 heavy (non-hydrogen) atoms. The van der Waals surface area contributed by atoms with Crippen LogP contribution in [0.4, 0.5) is 0 Å². The van der Waals surface area contributed by atoms with Gasteiger partial charge in [0.1, 0.15) is 0 Å². The van der Waals surface area contributed by atoms with E-state index in [0.717, 1.165) is 6.42 Å². The Labute approximate surface area is 106 Å². The first kappa shape index (κ1) is 14.2. The largest absolute Gasteiger partial charge is 0.323 e. The number of rotatable bonds is 5. The van der Waals surface area contributed by atoms with Crippen LogP contribution >= 0.6 is 0 Å². The molecule has 2 nitrogen and oxygen atoms in total. The molecule has 1 aromatic rings. The molecular formula is C15H26N2. The van der Waals surface area contributed by atoms with Gasteiger partial charge in [-0.1, -0.05) is 36.8 Å². The molecule has 0 aliphatic rings. The van der Waals surface area contributed by atoms with E-state index in [1.165, 1.54) is 11.1 Å². The molecule has 1 rings (SSSR count). The van der Waals surface area contributed by atoms with Gasteiger partial charge in [0.2, 0.25) is 0 Å². The average molecular weight is 234 g/mol. The van der Waals surface area contributed by atoms with Crippen LogP contribution in [0.25, 0.3) is 0 Å². The van der Waals surface area contributed by atoms with Crippen LogP contribution in [0.5, 0.6) is 0 Å². The molecule has 0 heterocycles. The second-order valence-corrected chi connectivity index (χ2v) is 5.10. The second-order valence-electron chi connectivity index (χ2n) is 5.10. The van der Waals surface area contributed by atoms with Crippen LogP contribution in [0.15, 0.2) is 24.3 Å². The molecule has 1 aromatic carbocycles. The third-order valence-corrected chi connectivity index (χ3v) is 3.91. The van der Waals surface area contributed by atoms with Crippen molar-refractivity contribution >= 4 is 0 Å². The monoisotopic (exact) mass is 234 g/mol. The van der Waals surface area contributed by atoms with Crippen molar-refractivity contribution < 1.29 is 0 Å². The van der Waals surface area contributed by atoms with E-state index in [1.807, 2.05) is 0 Å². The third kappa shape index (κ3) is 3.55. The zero-order valence-corrected chi connectivity index (χ0v) is 11.8. The lowest BCUT2D eigenvalue weighted by Gasteiger charge is -2.34. The highest BCUT2D eigenvalue weighted by Crippen LogP contribution is 2.20. The number of benzene rings is 1. The van der Waals surface area contributed by atoms with E-state index in [2.05, 4.69) is 63.9 Å². The Morgan fingerprint density at radius 2 is 1.71 bits per heavy atom. The van der Waals surface area contributed by atoms with Crippen LogP contribution in [0.3, 0.4) is 0 Å². The van der Waals surface area contributed by atoms with E-state index in [-0.39, 0.29) is 6.04 Å². The maximum Gasteiger partial charge on any atom is 0.0450 e.